The molecule has 0 fully saturated rings. The van der Waals surface area contributed by atoms with Crippen LogP contribution >= 0.6 is 11.6 Å². The molecular weight excluding hydrogens is 193 g/mol. The Hall–Kier alpha value is -0.930. The van der Waals surface area contributed by atoms with Crippen LogP contribution in [0.2, 0.25) is 5.02 Å². The summed E-state index contributed by atoms with van der Waals surface area (Å²) in [4.78, 5) is 3.39. The zero-order valence-electron chi connectivity index (χ0n) is 6.87. The molecule has 1 aromatic rings. The van der Waals surface area contributed by atoms with Crippen molar-refractivity contribution in [1.82, 2.24) is 4.98 Å². The van der Waals surface area contributed by atoms with Crippen LogP contribution in [0.15, 0.2) is 18.3 Å². The Morgan fingerprint density at radius 3 is 3.08 bits per heavy atom. The molecule has 70 valence electrons. The van der Waals surface area contributed by atoms with Gasteiger partial charge in [0.2, 0.25) is 5.95 Å². The number of aliphatic hydroxyl groups excluding tert-OH is 1. The first-order chi connectivity index (χ1) is 6.24. The molecule has 1 aromatic heterocycles. The molecule has 0 radical (unpaired) electrons. The van der Waals surface area contributed by atoms with Gasteiger partial charge in [-0.15, -0.1) is 0 Å². The van der Waals surface area contributed by atoms with Gasteiger partial charge in [0.25, 0.3) is 0 Å². The van der Waals surface area contributed by atoms with Gasteiger partial charge in [0.1, 0.15) is 0 Å². The van der Waals surface area contributed by atoms with Gasteiger partial charge in [0.05, 0.1) is 5.02 Å². The standard InChI is InChI=1S/C9H9ClFNO/c10-8-6-12-9(11)5-7(8)3-1-2-4-13/h1,3,5-6,13H,2,4H2. The Morgan fingerprint density at radius 2 is 2.38 bits per heavy atom. The van der Waals surface area contributed by atoms with Gasteiger partial charge in [-0.05, 0) is 12.0 Å². The van der Waals surface area contributed by atoms with E-state index in [0.717, 1.165) is 0 Å². The Morgan fingerprint density at radius 1 is 1.62 bits per heavy atom. The molecule has 1 rings (SSSR count). The van der Waals surface area contributed by atoms with Crippen molar-refractivity contribution in [1.29, 1.82) is 0 Å². The van der Waals surface area contributed by atoms with Crippen molar-refractivity contribution in [3.8, 4) is 0 Å². The summed E-state index contributed by atoms with van der Waals surface area (Å²) in [5, 5.41) is 8.90. The average molecular weight is 202 g/mol. The lowest BCUT2D eigenvalue weighted by Gasteiger charge is -1.96. The van der Waals surface area contributed by atoms with Crippen molar-refractivity contribution >= 4 is 17.7 Å². The third kappa shape index (κ3) is 3.13. The predicted octanol–water partition coefficient (Wildman–Crippen LogP) is 2.27. The fourth-order valence-corrected chi connectivity index (χ4v) is 1.01. The highest BCUT2D eigenvalue weighted by Gasteiger charge is 1.98. The molecule has 0 aliphatic rings. The van der Waals surface area contributed by atoms with Gasteiger partial charge >= 0.3 is 0 Å². The molecule has 0 aliphatic heterocycles. The maximum Gasteiger partial charge on any atom is 0.213 e. The van der Waals surface area contributed by atoms with E-state index in [4.69, 9.17) is 16.7 Å². The minimum Gasteiger partial charge on any atom is -0.396 e. The van der Waals surface area contributed by atoms with Gasteiger partial charge in [-0.3, -0.25) is 0 Å². The zero-order chi connectivity index (χ0) is 9.68. The van der Waals surface area contributed by atoms with Crippen LogP contribution < -0.4 is 0 Å². The molecule has 0 spiro atoms. The molecule has 1 N–H and O–H groups in total. The van der Waals surface area contributed by atoms with Gasteiger partial charge in [0.15, 0.2) is 0 Å². The molecule has 0 amide bonds. The third-order valence-corrected chi connectivity index (χ3v) is 1.76. The third-order valence-electron chi connectivity index (χ3n) is 1.44. The Kier molecular flexibility index (Phi) is 3.86. The maximum atomic E-state index is 12.6. The van der Waals surface area contributed by atoms with Crippen molar-refractivity contribution in [3.05, 3.63) is 34.9 Å². The number of halogens is 2. The second-order valence-electron chi connectivity index (χ2n) is 2.44. The van der Waals surface area contributed by atoms with E-state index in [1.165, 1.54) is 12.3 Å². The molecule has 0 aliphatic carbocycles. The van der Waals surface area contributed by atoms with Gasteiger partial charge in [-0.1, -0.05) is 23.8 Å². The number of rotatable bonds is 3. The molecule has 0 unspecified atom stereocenters. The lowest BCUT2D eigenvalue weighted by atomic mass is 10.2. The number of hydrogen-bond donors (Lipinski definition) is 1. The molecule has 0 saturated heterocycles. The first-order valence-electron chi connectivity index (χ1n) is 3.82. The Balaban J connectivity index is 2.81. The predicted molar refractivity (Wildman–Crippen MR) is 49.9 cm³/mol. The highest BCUT2D eigenvalue weighted by Crippen LogP contribution is 2.16. The summed E-state index contributed by atoms with van der Waals surface area (Å²) < 4.78 is 12.6. The Bertz CT molecular complexity index is 314. The number of hydrogen-bond acceptors (Lipinski definition) is 2. The van der Waals surface area contributed by atoms with Crippen molar-refractivity contribution in [3.63, 3.8) is 0 Å². The highest BCUT2D eigenvalue weighted by molar-refractivity contribution is 6.31. The van der Waals surface area contributed by atoms with Crippen LogP contribution in [0, 0.1) is 5.95 Å². The molecule has 13 heavy (non-hydrogen) atoms. The van der Waals surface area contributed by atoms with E-state index in [0.29, 0.717) is 17.0 Å². The largest absolute Gasteiger partial charge is 0.396 e. The second-order valence-corrected chi connectivity index (χ2v) is 2.85. The van der Waals surface area contributed by atoms with Crippen LogP contribution in [-0.4, -0.2) is 16.7 Å². The molecule has 2 nitrogen and oxygen atoms in total. The summed E-state index contributed by atoms with van der Waals surface area (Å²) in [5.74, 6) is -0.562. The molecule has 0 aromatic carbocycles. The highest BCUT2D eigenvalue weighted by atomic mass is 35.5. The zero-order valence-corrected chi connectivity index (χ0v) is 7.63. The summed E-state index contributed by atoms with van der Waals surface area (Å²) in [5.41, 5.74) is 0.572. The number of aromatic nitrogens is 1. The van der Waals surface area contributed by atoms with E-state index in [2.05, 4.69) is 4.98 Å². The fourth-order valence-electron chi connectivity index (χ4n) is 0.840. The summed E-state index contributed by atoms with van der Waals surface area (Å²) in [6.45, 7) is 0.0711. The van der Waals surface area contributed by atoms with Crippen molar-refractivity contribution in [2.75, 3.05) is 6.61 Å². The SMILES string of the molecule is OCCC=Cc1cc(F)ncc1Cl. The van der Waals surface area contributed by atoms with Gasteiger partial charge in [-0.2, -0.15) is 4.39 Å². The molecule has 1 heterocycles. The fraction of sp³-hybridized carbons (Fsp3) is 0.222. The summed E-state index contributed by atoms with van der Waals surface area (Å²) in [6.07, 6.45) is 5.17. The topological polar surface area (TPSA) is 33.1 Å². The number of aliphatic hydroxyl groups is 1. The van der Waals surface area contributed by atoms with Gasteiger partial charge in [0, 0.05) is 18.9 Å². The van der Waals surface area contributed by atoms with Crippen molar-refractivity contribution in [2.45, 2.75) is 6.42 Å². The quantitative estimate of drug-likeness (QED) is 0.762. The van der Waals surface area contributed by atoms with Crippen LogP contribution in [0.25, 0.3) is 6.08 Å². The minimum absolute atomic E-state index is 0.0711. The van der Waals surface area contributed by atoms with Gasteiger partial charge < -0.3 is 5.11 Å². The monoisotopic (exact) mass is 201 g/mol. The summed E-state index contributed by atoms with van der Waals surface area (Å²) in [6, 6.07) is 1.25. The molecule has 0 atom stereocenters. The van der Waals surface area contributed by atoms with Crippen LogP contribution in [0.1, 0.15) is 12.0 Å². The maximum absolute atomic E-state index is 12.6. The first-order valence-corrected chi connectivity index (χ1v) is 4.20. The van der Waals surface area contributed by atoms with E-state index >= 15 is 0 Å². The molecule has 4 heteroatoms. The first kappa shape index (κ1) is 10.2. The summed E-state index contributed by atoms with van der Waals surface area (Å²) >= 11 is 5.73. The smallest absolute Gasteiger partial charge is 0.213 e. The molecular formula is C9H9ClFNO. The normalized spacial score (nSPS) is 11.0. The van der Waals surface area contributed by atoms with Crippen LogP contribution in [0.3, 0.4) is 0 Å². The average Bonchev–Trinajstić information content (AvgIpc) is 2.11. The van der Waals surface area contributed by atoms with Crippen LogP contribution in [-0.2, 0) is 0 Å². The van der Waals surface area contributed by atoms with Crippen LogP contribution in [0.5, 0.6) is 0 Å². The number of pyridine rings is 1. The van der Waals surface area contributed by atoms with E-state index in [1.54, 1.807) is 12.2 Å². The molecule has 0 saturated carbocycles. The van der Waals surface area contributed by atoms with Crippen molar-refractivity contribution in [2.24, 2.45) is 0 Å². The van der Waals surface area contributed by atoms with Crippen molar-refractivity contribution < 1.29 is 9.50 Å². The van der Waals surface area contributed by atoms with E-state index < -0.39 is 5.95 Å². The number of nitrogens with zero attached hydrogens (tertiary/aromatic N) is 1. The van der Waals surface area contributed by atoms with Crippen LogP contribution in [0.4, 0.5) is 4.39 Å². The van der Waals surface area contributed by atoms with E-state index in [1.807, 2.05) is 0 Å². The van der Waals surface area contributed by atoms with Gasteiger partial charge in [-0.25, -0.2) is 4.98 Å². The Labute approximate surface area is 80.7 Å². The van der Waals surface area contributed by atoms with E-state index in [9.17, 15) is 4.39 Å². The minimum atomic E-state index is -0.562. The lowest BCUT2D eigenvalue weighted by Crippen LogP contribution is -1.84. The molecule has 0 bridgehead atoms. The lowest BCUT2D eigenvalue weighted by molar-refractivity contribution is 0.303. The summed E-state index contributed by atoms with van der Waals surface area (Å²) in [7, 11) is 0. The second kappa shape index (κ2) is 4.94. The van der Waals surface area contributed by atoms with E-state index in [-0.39, 0.29) is 6.61 Å².